The lowest BCUT2D eigenvalue weighted by molar-refractivity contribution is -0.152. The van der Waals surface area contributed by atoms with Gasteiger partial charge in [0.05, 0.1) is 6.54 Å². The zero-order valence-corrected chi connectivity index (χ0v) is 10.5. The van der Waals surface area contributed by atoms with Gasteiger partial charge in [0.2, 0.25) is 0 Å². The van der Waals surface area contributed by atoms with Crippen LogP contribution in [0.4, 0.5) is 13.2 Å². The minimum absolute atomic E-state index is 0.281. The van der Waals surface area contributed by atoms with E-state index in [0.717, 1.165) is 12.8 Å². The lowest BCUT2D eigenvalue weighted by Crippen LogP contribution is -2.56. The number of hydrogen-bond donors (Lipinski definition) is 2. The molecule has 0 aliphatic heterocycles. The molecule has 0 aromatic rings. The van der Waals surface area contributed by atoms with E-state index in [4.69, 9.17) is 0 Å². The van der Waals surface area contributed by atoms with E-state index in [1.54, 1.807) is 0 Å². The van der Waals surface area contributed by atoms with Gasteiger partial charge in [0.25, 0.3) is 0 Å². The first-order valence-corrected chi connectivity index (χ1v) is 6.34. The summed E-state index contributed by atoms with van der Waals surface area (Å²) in [6.07, 6.45) is -0.388. The molecule has 3 nitrogen and oxygen atoms in total. The van der Waals surface area contributed by atoms with Crippen molar-refractivity contribution in [2.45, 2.75) is 57.2 Å². The van der Waals surface area contributed by atoms with E-state index >= 15 is 0 Å². The van der Waals surface area contributed by atoms with Crippen LogP contribution in [0, 0.1) is 5.92 Å². The number of nitrogens with one attached hydrogen (secondary N) is 1. The van der Waals surface area contributed by atoms with Gasteiger partial charge in [0.1, 0.15) is 5.54 Å². The number of hydrogen-bond acceptors (Lipinski definition) is 2. The smallest absolute Gasteiger partial charge is 0.401 e. The fraction of sp³-hybridized carbons (Fsp3) is 0.917. The van der Waals surface area contributed by atoms with Crippen molar-refractivity contribution >= 4 is 5.97 Å². The summed E-state index contributed by atoms with van der Waals surface area (Å²) in [5.41, 5.74) is -1.39. The van der Waals surface area contributed by atoms with Crippen molar-refractivity contribution in [3.8, 4) is 0 Å². The molecule has 0 heterocycles. The first-order chi connectivity index (χ1) is 8.29. The first kappa shape index (κ1) is 15.3. The summed E-state index contributed by atoms with van der Waals surface area (Å²) in [6, 6.07) is 0. The maximum atomic E-state index is 12.2. The highest BCUT2D eigenvalue weighted by Crippen LogP contribution is 2.35. The van der Waals surface area contributed by atoms with Gasteiger partial charge in [-0.15, -0.1) is 0 Å². The zero-order valence-electron chi connectivity index (χ0n) is 10.5. The highest BCUT2D eigenvalue weighted by atomic mass is 19.4. The molecular weight excluding hydrogens is 247 g/mol. The van der Waals surface area contributed by atoms with Gasteiger partial charge in [-0.25, -0.2) is 0 Å². The predicted molar refractivity (Wildman–Crippen MR) is 61.3 cm³/mol. The van der Waals surface area contributed by atoms with Gasteiger partial charge < -0.3 is 5.11 Å². The molecule has 106 valence electrons. The van der Waals surface area contributed by atoms with Crippen molar-refractivity contribution in [1.29, 1.82) is 0 Å². The topological polar surface area (TPSA) is 49.3 Å². The van der Waals surface area contributed by atoms with E-state index < -0.39 is 24.2 Å². The number of alkyl halides is 3. The van der Waals surface area contributed by atoms with Crippen molar-refractivity contribution in [3.63, 3.8) is 0 Å². The molecule has 1 aliphatic carbocycles. The van der Waals surface area contributed by atoms with E-state index in [2.05, 4.69) is 12.2 Å². The van der Waals surface area contributed by atoms with Crippen molar-refractivity contribution in [2.75, 3.05) is 6.54 Å². The van der Waals surface area contributed by atoms with Crippen LogP contribution < -0.4 is 5.32 Å². The van der Waals surface area contributed by atoms with E-state index in [1.807, 2.05) is 0 Å². The van der Waals surface area contributed by atoms with Crippen LogP contribution >= 0.6 is 0 Å². The fourth-order valence-corrected chi connectivity index (χ4v) is 2.60. The second-order valence-electron chi connectivity index (χ2n) is 5.09. The van der Waals surface area contributed by atoms with Crippen molar-refractivity contribution in [2.24, 2.45) is 5.92 Å². The monoisotopic (exact) mass is 267 g/mol. The van der Waals surface area contributed by atoms with Crippen LogP contribution in [0.5, 0.6) is 0 Å². The van der Waals surface area contributed by atoms with E-state index in [9.17, 15) is 23.1 Å². The highest BCUT2D eigenvalue weighted by molar-refractivity contribution is 5.78. The molecule has 1 saturated carbocycles. The van der Waals surface area contributed by atoms with Crippen LogP contribution in [-0.4, -0.2) is 29.3 Å². The maximum Gasteiger partial charge on any atom is 0.401 e. The number of rotatable bonds is 5. The van der Waals surface area contributed by atoms with Crippen LogP contribution in [-0.2, 0) is 4.79 Å². The van der Waals surface area contributed by atoms with Crippen LogP contribution in [0.1, 0.15) is 45.4 Å². The number of carbonyl (C=O) groups is 1. The molecule has 0 bridgehead atoms. The SMILES string of the molecule is CCCC1CCC(NCC(F)(F)F)(C(=O)O)CC1. The van der Waals surface area contributed by atoms with Crippen molar-refractivity contribution in [1.82, 2.24) is 5.32 Å². The molecule has 1 aliphatic rings. The summed E-state index contributed by atoms with van der Waals surface area (Å²) in [6.45, 7) is 0.818. The van der Waals surface area contributed by atoms with Gasteiger partial charge in [-0.05, 0) is 31.6 Å². The second kappa shape index (κ2) is 5.91. The zero-order chi connectivity index (χ0) is 13.8. The van der Waals surface area contributed by atoms with Gasteiger partial charge in [-0.3, -0.25) is 10.1 Å². The Labute approximate surface area is 105 Å². The predicted octanol–water partition coefficient (Wildman–Crippen LogP) is 2.95. The Hall–Kier alpha value is -0.780. The third-order valence-corrected chi connectivity index (χ3v) is 3.69. The second-order valence-corrected chi connectivity index (χ2v) is 5.09. The summed E-state index contributed by atoms with van der Waals surface area (Å²) >= 11 is 0. The molecule has 1 rings (SSSR count). The van der Waals surface area contributed by atoms with E-state index in [0.29, 0.717) is 18.8 Å². The molecule has 1 fully saturated rings. The third-order valence-electron chi connectivity index (χ3n) is 3.69. The average Bonchev–Trinajstić information content (AvgIpc) is 2.27. The standard InChI is InChI=1S/C12H20F3NO2/c1-2-3-9-4-6-11(7-5-9,10(17)18)16-8-12(13,14)15/h9,16H,2-8H2,1H3,(H,17,18). The molecule has 0 radical (unpaired) electrons. The average molecular weight is 267 g/mol. The number of aliphatic carboxylic acids is 1. The number of carboxylic acids is 1. The van der Waals surface area contributed by atoms with Gasteiger partial charge in [0, 0.05) is 0 Å². The molecule has 0 aromatic heterocycles. The number of halogens is 3. The Kier molecular flexibility index (Phi) is 5.01. The Bertz CT molecular complexity index is 284. The molecular formula is C12H20F3NO2. The van der Waals surface area contributed by atoms with Crippen LogP contribution in [0.15, 0.2) is 0 Å². The fourth-order valence-electron chi connectivity index (χ4n) is 2.60. The first-order valence-electron chi connectivity index (χ1n) is 6.34. The summed E-state index contributed by atoms with van der Waals surface area (Å²) in [7, 11) is 0. The summed E-state index contributed by atoms with van der Waals surface area (Å²) in [5, 5.41) is 11.4. The lowest BCUT2D eigenvalue weighted by Gasteiger charge is -2.37. The van der Waals surface area contributed by atoms with Crippen LogP contribution in [0.2, 0.25) is 0 Å². The van der Waals surface area contributed by atoms with Crippen molar-refractivity contribution < 1.29 is 23.1 Å². The van der Waals surface area contributed by atoms with Gasteiger partial charge in [0.15, 0.2) is 0 Å². The Morgan fingerprint density at radius 2 is 1.94 bits per heavy atom. The number of carboxylic acid groups (broad SMARTS) is 1. The highest BCUT2D eigenvalue weighted by Gasteiger charge is 2.43. The Balaban J connectivity index is 2.59. The quantitative estimate of drug-likeness (QED) is 0.805. The molecule has 2 N–H and O–H groups in total. The van der Waals surface area contributed by atoms with E-state index in [-0.39, 0.29) is 12.8 Å². The molecule has 0 saturated heterocycles. The molecule has 0 amide bonds. The molecule has 6 heteroatoms. The summed E-state index contributed by atoms with van der Waals surface area (Å²) < 4.78 is 36.6. The Morgan fingerprint density at radius 1 is 1.39 bits per heavy atom. The Morgan fingerprint density at radius 3 is 2.33 bits per heavy atom. The summed E-state index contributed by atoms with van der Waals surface area (Å²) in [4.78, 5) is 11.2. The molecule has 0 atom stereocenters. The minimum atomic E-state index is -4.37. The van der Waals surface area contributed by atoms with Gasteiger partial charge in [-0.1, -0.05) is 19.8 Å². The normalized spacial score (nSPS) is 29.2. The summed E-state index contributed by atoms with van der Waals surface area (Å²) in [5.74, 6) is -0.711. The lowest BCUT2D eigenvalue weighted by atomic mass is 9.75. The maximum absolute atomic E-state index is 12.2. The van der Waals surface area contributed by atoms with Crippen LogP contribution in [0.3, 0.4) is 0 Å². The molecule has 18 heavy (non-hydrogen) atoms. The van der Waals surface area contributed by atoms with Gasteiger partial charge in [-0.2, -0.15) is 13.2 Å². The van der Waals surface area contributed by atoms with E-state index in [1.165, 1.54) is 0 Å². The molecule has 0 unspecified atom stereocenters. The van der Waals surface area contributed by atoms with Gasteiger partial charge >= 0.3 is 12.1 Å². The molecule has 0 aromatic carbocycles. The largest absolute Gasteiger partial charge is 0.480 e. The van der Waals surface area contributed by atoms with Crippen LogP contribution in [0.25, 0.3) is 0 Å². The third kappa shape index (κ3) is 4.15. The van der Waals surface area contributed by atoms with Crippen molar-refractivity contribution in [3.05, 3.63) is 0 Å². The minimum Gasteiger partial charge on any atom is -0.480 e. The molecule has 0 spiro atoms.